The molecule has 104 valence electrons. The summed E-state index contributed by atoms with van der Waals surface area (Å²) in [6, 6.07) is 7.06. The Hall–Kier alpha value is -2.04. The summed E-state index contributed by atoms with van der Waals surface area (Å²) >= 11 is 0. The maximum absolute atomic E-state index is 11.8. The first-order chi connectivity index (χ1) is 9.10. The van der Waals surface area contributed by atoms with Crippen molar-refractivity contribution in [2.75, 3.05) is 20.3 Å². The second-order valence-electron chi connectivity index (χ2n) is 3.93. The van der Waals surface area contributed by atoms with E-state index < -0.39 is 6.09 Å². The van der Waals surface area contributed by atoms with Crippen LogP contribution in [0.15, 0.2) is 24.3 Å². The average Bonchev–Trinajstić information content (AvgIpc) is 2.39. The van der Waals surface area contributed by atoms with E-state index in [1.54, 1.807) is 39.1 Å². The van der Waals surface area contributed by atoms with Gasteiger partial charge < -0.3 is 14.4 Å². The van der Waals surface area contributed by atoms with Gasteiger partial charge in [-0.2, -0.15) is 0 Å². The summed E-state index contributed by atoms with van der Waals surface area (Å²) < 4.78 is 9.88. The molecule has 0 fully saturated rings. The molecule has 0 unspecified atom stereocenters. The third-order valence-electron chi connectivity index (χ3n) is 2.50. The lowest BCUT2D eigenvalue weighted by molar-refractivity contribution is 0.0523. The van der Waals surface area contributed by atoms with E-state index in [0.29, 0.717) is 25.3 Å². The van der Waals surface area contributed by atoms with E-state index in [9.17, 15) is 9.59 Å². The molecule has 0 aliphatic rings. The van der Waals surface area contributed by atoms with Crippen LogP contribution in [-0.4, -0.2) is 37.2 Å². The number of hydrogen-bond acceptors (Lipinski definition) is 4. The fraction of sp³-hybridized carbons (Fsp3) is 0.429. The molecule has 0 heterocycles. The molecule has 0 aromatic heterocycles. The monoisotopic (exact) mass is 265 g/mol. The maximum Gasteiger partial charge on any atom is 0.409 e. The number of rotatable bonds is 5. The van der Waals surface area contributed by atoms with Gasteiger partial charge in [-0.3, -0.25) is 0 Å². The first kappa shape index (κ1) is 15.0. The van der Waals surface area contributed by atoms with E-state index in [4.69, 9.17) is 9.47 Å². The zero-order chi connectivity index (χ0) is 14.3. The lowest BCUT2D eigenvalue weighted by Gasteiger charge is -2.18. The molecule has 1 aromatic carbocycles. The molecule has 0 saturated carbocycles. The van der Waals surface area contributed by atoms with Crippen molar-refractivity contribution in [2.24, 2.45) is 0 Å². The van der Waals surface area contributed by atoms with Crippen molar-refractivity contribution in [3.05, 3.63) is 35.4 Å². The van der Waals surface area contributed by atoms with Gasteiger partial charge in [0.1, 0.15) is 0 Å². The highest BCUT2D eigenvalue weighted by atomic mass is 16.6. The molecule has 0 saturated heterocycles. The summed E-state index contributed by atoms with van der Waals surface area (Å²) in [5.41, 5.74) is 1.21. The first-order valence-electron chi connectivity index (χ1n) is 6.23. The zero-order valence-corrected chi connectivity index (χ0v) is 11.5. The number of benzene rings is 1. The summed E-state index contributed by atoms with van der Waals surface area (Å²) in [4.78, 5) is 24.7. The molecular weight excluding hydrogens is 246 g/mol. The minimum absolute atomic E-state index is 0.299. The quantitative estimate of drug-likeness (QED) is 0.767. The third-order valence-corrected chi connectivity index (χ3v) is 2.50. The number of esters is 1. The van der Waals surface area contributed by atoms with Crippen molar-refractivity contribution in [1.82, 2.24) is 4.90 Å². The van der Waals surface area contributed by atoms with Crippen LogP contribution in [0.3, 0.4) is 0 Å². The topological polar surface area (TPSA) is 55.8 Å². The van der Waals surface area contributed by atoms with Crippen LogP contribution >= 0.6 is 0 Å². The molecular formula is C14H19NO4. The van der Waals surface area contributed by atoms with Gasteiger partial charge >= 0.3 is 12.1 Å². The third kappa shape index (κ3) is 4.28. The summed E-state index contributed by atoms with van der Waals surface area (Å²) in [5, 5.41) is 0. The zero-order valence-electron chi connectivity index (χ0n) is 11.5. The lowest BCUT2D eigenvalue weighted by Crippen LogP contribution is -2.27. The van der Waals surface area contributed by atoms with Gasteiger partial charge in [0.15, 0.2) is 0 Å². The summed E-state index contributed by atoms with van der Waals surface area (Å²) in [6.45, 7) is 4.45. The minimum Gasteiger partial charge on any atom is -0.462 e. The molecule has 0 bridgehead atoms. The van der Waals surface area contributed by atoms with Crippen LogP contribution in [0.25, 0.3) is 0 Å². The second-order valence-corrected chi connectivity index (χ2v) is 3.93. The van der Waals surface area contributed by atoms with Crippen molar-refractivity contribution in [3.63, 3.8) is 0 Å². The molecule has 0 aliphatic heterocycles. The maximum atomic E-state index is 11.8. The lowest BCUT2D eigenvalue weighted by atomic mass is 10.1. The van der Waals surface area contributed by atoms with E-state index >= 15 is 0 Å². The Morgan fingerprint density at radius 1 is 1.11 bits per heavy atom. The molecule has 0 N–H and O–H groups in total. The number of carbonyl (C=O) groups is 2. The highest BCUT2D eigenvalue weighted by Gasteiger charge is 2.16. The molecule has 19 heavy (non-hydrogen) atoms. The second kappa shape index (κ2) is 7.41. The van der Waals surface area contributed by atoms with E-state index in [0.717, 1.165) is 5.56 Å². The fourth-order valence-corrected chi connectivity index (χ4v) is 1.62. The summed E-state index contributed by atoms with van der Waals surface area (Å²) in [7, 11) is 1.62. The van der Waals surface area contributed by atoms with Gasteiger partial charge in [-0.15, -0.1) is 0 Å². The Balaban J connectivity index is 2.83. The van der Waals surface area contributed by atoms with E-state index in [2.05, 4.69) is 0 Å². The van der Waals surface area contributed by atoms with Gasteiger partial charge in [0.05, 0.1) is 18.8 Å². The van der Waals surface area contributed by atoms with E-state index in [1.165, 1.54) is 4.90 Å². The molecule has 0 atom stereocenters. The standard InChI is InChI=1S/C14H19NO4/c1-4-18-13(16)12-9-7-6-8-11(12)10-15(3)14(17)19-5-2/h6-9H,4-5,10H2,1-3H3. The van der Waals surface area contributed by atoms with E-state index in [-0.39, 0.29) is 5.97 Å². The predicted molar refractivity (Wildman–Crippen MR) is 70.9 cm³/mol. The van der Waals surface area contributed by atoms with Crippen molar-refractivity contribution in [1.29, 1.82) is 0 Å². The molecule has 5 nitrogen and oxygen atoms in total. The van der Waals surface area contributed by atoms with Crippen LogP contribution in [0, 0.1) is 0 Å². The van der Waals surface area contributed by atoms with E-state index in [1.807, 2.05) is 6.07 Å². The van der Waals surface area contributed by atoms with Gasteiger partial charge in [-0.1, -0.05) is 18.2 Å². The summed E-state index contributed by atoms with van der Waals surface area (Å²) in [5.74, 6) is -0.379. The Kier molecular flexibility index (Phi) is 5.85. The SMILES string of the molecule is CCOC(=O)c1ccccc1CN(C)C(=O)OCC. The Morgan fingerprint density at radius 3 is 2.37 bits per heavy atom. The van der Waals surface area contributed by atoms with Gasteiger partial charge in [0, 0.05) is 13.6 Å². The highest BCUT2D eigenvalue weighted by molar-refractivity contribution is 5.91. The average molecular weight is 265 g/mol. The number of ether oxygens (including phenoxy) is 2. The van der Waals surface area contributed by atoms with Gasteiger partial charge in [-0.05, 0) is 25.5 Å². The van der Waals surface area contributed by atoms with Crippen molar-refractivity contribution >= 4 is 12.1 Å². The number of nitrogens with zero attached hydrogens (tertiary/aromatic N) is 1. The van der Waals surface area contributed by atoms with Crippen LogP contribution in [0.1, 0.15) is 29.8 Å². The molecule has 5 heteroatoms. The largest absolute Gasteiger partial charge is 0.462 e. The number of amides is 1. The van der Waals surface area contributed by atoms with Crippen molar-refractivity contribution in [2.45, 2.75) is 20.4 Å². The Labute approximate surface area is 113 Å². The molecule has 0 aliphatic carbocycles. The van der Waals surface area contributed by atoms with Crippen molar-refractivity contribution < 1.29 is 19.1 Å². The van der Waals surface area contributed by atoms with Gasteiger partial charge in [0.25, 0.3) is 0 Å². The highest BCUT2D eigenvalue weighted by Crippen LogP contribution is 2.13. The fourth-order valence-electron chi connectivity index (χ4n) is 1.62. The Bertz CT molecular complexity index is 445. The molecule has 1 aromatic rings. The smallest absolute Gasteiger partial charge is 0.409 e. The summed E-state index contributed by atoms with van der Waals surface area (Å²) in [6.07, 6.45) is -0.416. The molecule has 1 rings (SSSR count). The molecule has 0 spiro atoms. The number of carbonyl (C=O) groups excluding carboxylic acids is 2. The van der Waals surface area contributed by atoms with Crippen LogP contribution in [0.4, 0.5) is 4.79 Å². The minimum atomic E-state index is -0.416. The van der Waals surface area contributed by atoms with Crippen LogP contribution in [0.5, 0.6) is 0 Å². The number of hydrogen-bond donors (Lipinski definition) is 0. The Morgan fingerprint density at radius 2 is 1.74 bits per heavy atom. The van der Waals surface area contributed by atoms with Gasteiger partial charge in [0.2, 0.25) is 0 Å². The van der Waals surface area contributed by atoms with Crippen LogP contribution in [-0.2, 0) is 16.0 Å². The van der Waals surface area contributed by atoms with Gasteiger partial charge in [-0.25, -0.2) is 9.59 Å². The predicted octanol–water partition coefficient (Wildman–Crippen LogP) is 2.45. The normalized spacial score (nSPS) is 9.84. The van der Waals surface area contributed by atoms with Crippen LogP contribution < -0.4 is 0 Å². The molecule has 1 amide bonds. The van der Waals surface area contributed by atoms with Crippen molar-refractivity contribution in [3.8, 4) is 0 Å². The first-order valence-corrected chi connectivity index (χ1v) is 6.23. The van der Waals surface area contributed by atoms with Crippen LogP contribution in [0.2, 0.25) is 0 Å². The molecule has 0 radical (unpaired) electrons.